The summed E-state index contributed by atoms with van der Waals surface area (Å²) in [5, 5.41) is 0. The highest BCUT2D eigenvalue weighted by Gasteiger charge is 2.60. The lowest BCUT2D eigenvalue weighted by atomic mass is 9.81. The molecular formula is C18H34O2. The van der Waals surface area contributed by atoms with Crippen molar-refractivity contribution >= 4 is 5.97 Å². The Morgan fingerprint density at radius 2 is 1.80 bits per heavy atom. The number of ether oxygens (including phenoxy) is 1. The molecule has 0 aromatic rings. The van der Waals surface area contributed by atoms with Crippen LogP contribution in [0.3, 0.4) is 0 Å². The van der Waals surface area contributed by atoms with Gasteiger partial charge < -0.3 is 4.74 Å². The fraction of sp³-hybridized carbons (Fsp3) is 0.944. The minimum absolute atomic E-state index is 0.0559. The molecule has 1 rings (SSSR count). The average Bonchev–Trinajstić information content (AvgIpc) is 2.96. The van der Waals surface area contributed by atoms with Crippen LogP contribution in [0.1, 0.15) is 87.0 Å². The maximum absolute atomic E-state index is 12.7. The Morgan fingerprint density at radius 3 is 2.15 bits per heavy atom. The van der Waals surface area contributed by atoms with Gasteiger partial charge in [-0.15, -0.1) is 0 Å². The zero-order valence-corrected chi connectivity index (χ0v) is 14.6. The molecule has 1 saturated carbocycles. The predicted molar refractivity (Wildman–Crippen MR) is 84.6 cm³/mol. The van der Waals surface area contributed by atoms with E-state index in [9.17, 15) is 4.79 Å². The predicted octanol–water partition coefficient (Wildman–Crippen LogP) is 5.35. The van der Waals surface area contributed by atoms with E-state index in [0.717, 1.165) is 38.5 Å². The van der Waals surface area contributed by atoms with E-state index in [2.05, 4.69) is 48.5 Å². The summed E-state index contributed by atoms with van der Waals surface area (Å²) >= 11 is 0. The maximum Gasteiger partial charge on any atom is 0.312 e. The van der Waals surface area contributed by atoms with Crippen LogP contribution in [-0.2, 0) is 9.53 Å². The minimum Gasteiger partial charge on any atom is -0.459 e. The molecule has 1 aliphatic carbocycles. The van der Waals surface area contributed by atoms with Gasteiger partial charge in [0.1, 0.15) is 5.60 Å². The first-order valence-electron chi connectivity index (χ1n) is 8.32. The summed E-state index contributed by atoms with van der Waals surface area (Å²) in [6, 6.07) is 0. The molecule has 0 saturated heterocycles. The second-order valence-corrected chi connectivity index (χ2v) is 8.30. The quantitative estimate of drug-likeness (QED) is 0.588. The first-order valence-corrected chi connectivity index (χ1v) is 8.32. The third-order valence-electron chi connectivity index (χ3n) is 4.85. The molecule has 2 heteroatoms. The highest BCUT2D eigenvalue weighted by molar-refractivity contribution is 5.81. The van der Waals surface area contributed by atoms with Gasteiger partial charge in [-0.3, -0.25) is 4.79 Å². The number of unbranched alkanes of at least 4 members (excludes halogenated alkanes) is 1. The standard InChI is InChI=1S/C18H34O2/c1-8-10-11-17(7,9-2)20-15(19)18(12-14(18)3)13-16(4,5)6/h14H,8-13H2,1-7H3. The van der Waals surface area contributed by atoms with E-state index in [-0.39, 0.29) is 22.4 Å². The number of carbonyl (C=O) groups excluding carboxylic acids is 1. The number of rotatable bonds is 7. The van der Waals surface area contributed by atoms with E-state index in [1.807, 2.05) is 0 Å². The van der Waals surface area contributed by atoms with Crippen LogP contribution < -0.4 is 0 Å². The summed E-state index contributed by atoms with van der Waals surface area (Å²) in [4.78, 5) is 12.7. The Bertz CT molecular complexity index is 342. The molecule has 2 nitrogen and oxygen atoms in total. The van der Waals surface area contributed by atoms with Gasteiger partial charge in [-0.1, -0.05) is 48.0 Å². The molecule has 0 aromatic heterocycles. The molecule has 0 aliphatic heterocycles. The van der Waals surface area contributed by atoms with Crippen molar-refractivity contribution in [1.82, 2.24) is 0 Å². The molecule has 0 spiro atoms. The maximum atomic E-state index is 12.7. The molecule has 3 unspecified atom stereocenters. The molecule has 3 atom stereocenters. The third-order valence-corrected chi connectivity index (χ3v) is 4.85. The van der Waals surface area contributed by atoms with E-state index in [4.69, 9.17) is 4.74 Å². The molecule has 0 N–H and O–H groups in total. The Hall–Kier alpha value is -0.530. The van der Waals surface area contributed by atoms with Crippen molar-refractivity contribution < 1.29 is 9.53 Å². The van der Waals surface area contributed by atoms with Gasteiger partial charge in [0.05, 0.1) is 5.41 Å². The van der Waals surface area contributed by atoms with E-state index >= 15 is 0 Å². The van der Waals surface area contributed by atoms with Crippen LogP contribution in [0.25, 0.3) is 0 Å². The van der Waals surface area contributed by atoms with Crippen LogP contribution in [0.5, 0.6) is 0 Å². The summed E-state index contributed by atoms with van der Waals surface area (Å²) in [5.41, 5.74) is -0.309. The Kier molecular flexibility index (Phi) is 5.32. The van der Waals surface area contributed by atoms with Gasteiger partial charge in [-0.05, 0) is 50.4 Å². The average molecular weight is 282 g/mol. The van der Waals surface area contributed by atoms with Gasteiger partial charge >= 0.3 is 5.97 Å². The zero-order valence-electron chi connectivity index (χ0n) is 14.6. The van der Waals surface area contributed by atoms with Crippen molar-refractivity contribution in [2.24, 2.45) is 16.7 Å². The first kappa shape index (κ1) is 17.5. The SMILES string of the molecule is CCCCC(C)(CC)OC(=O)C1(CC(C)(C)C)CC1C. The van der Waals surface area contributed by atoms with Gasteiger partial charge in [-0.2, -0.15) is 0 Å². The van der Waals surface area contributed by atoms with Crippen molar-refractivity contribution in [1.29, 1.82) is 0 Å². The largest absolute Gasteiger partial charge is 0.459 e. The van der Waals surface area contributed by atoms with Crippen molar-refractivity contribution in [2.45, 2.75) is 92.6 Å². The molecule has 0 radical (unpaired) electrons. The molecule has 0 aromatic carbocycles. The summed E-state index contributed by atoms with van der Waals surface area (Å²) in [5.74, 6) is 0.530. The first-order chi connectivity index (χ1) is 9.08. The van der Waals surface area contributed by atoms with Gasteiger partial charge in [-0.25, -0.2) is 0 Å². The topological polar surface area (TPSA) is 26.3 Å². The molecular weight excluding hydrogens is 248 g/mol. The fourth-order valence-corrected chi connectivity index (χ4v) is 3.21. The zero-order chi connectivity index (χ0) is 15.6. The minimum atomic E-state index is -0.277. The summed E-state index contributed by atoms with van der Waals surface area (Å²) in [6.45, 7) is 15.2. The van der Waals surface area contributed by atoms with Gasteiger partial charge in [0, 0.05) is 0 Å². The fourth-order valence-electron chi connectivity index (χ4n) is 3.21. The molecule has 118 valence electrons. The van der Waals surface area contributed by atoms with Crippen molar-refractivity contribution in [2.75, 3.05) is 0 Å². The number of carbonyl (C=O) groups is 1. The third kappa shape index (κ3) is 4.23. The van der Waals surface area contributed by atoms with Crippen molar-refractivity contribution in [3.8, 4) is 0 Å². The van der Waals surface area contributed by atoms with Crippen LogP contribution in [0, 0.1) is 16.7 Å². The monoisotopic (exact) mass is 282 g/mol. The lowest BCUT2D eigenvalue weighted by molar-refractivity contribution is -0.168. The molecule has 0 amide bonds. The number of hydrogen-bond acceptors (Lipinski definition) is 2. The smallest absolute Gasteiger partial charge is 0.312 e. The Balaban J connectivity index is 2.73. The summed E-state index contributed by atoms with van der Waals surface area (Å²) < 4.78 is 5.99. The normalized spacial score (nSPS) is 28.9. The van der Waals surface area contributed by atoms with E-state index < -0.39 is 0 Å². The van der Waals surface area contributed by atoms with Crippen molar-refractivity contribution in [3.63, 3.8) is 0 Å². The van der Waals surface area contributed by atoms with Gasteiger partial charge in [0.15, 0.2) is 0 Å². The Labute approximate surface area is 125 Å². The van der Waals surface area contributed by atoms with Crippen LogP contribution in [0.2, 0.25) is 0 Å². The second kappa shape index (κ2) is 6.07. The van der Waals surface area contributed by atoms with E-state index in [1.165, 1.54) is 0 Å². The molecule has 20 heavy (non-hydrogen) atoms. The number of hydrogen-bond donors (Lipinski definition) is 0. The molecule has 0 bridgehead atoms. The highest BCUT2D eigenvalue weighted by Crippen LogP contribution is 2.59. The second-order valence-electron chi connectivity index (χ2n) is 8.30. The number of esters is 1. The van der Waals surface area contributed by atoms with Crippen LogP contribution in [0.4, 0.5) is 0 Å². The molecule has 1 aliphatic rings. The van der Waals surface area contributed by atoms with Crippen molar-refractivity contribution in [3.05, 3.63) is 0 Å². The highest BCUT2D eigenvalue weighted by atomic mass is 16.6. The van der Waals surface area contributed by atoms with E-state index in [1.54, 1.807) is 0 Å². The summed E-state index contributed by atoms with van der Waals surface area (Å²) in [6.07, 6.45) is 6.09. The molecule has 1 fully saturated rings. The van der Waals surface area contributed by atoms with Crippen LogP contribution >= 0.6 is 0 Å². The van der Waals surface area contributed by atoms with Crippen LogP contribution in [0.15, 0.2) is 0 Å². The lowest BCUT2D eigenvalue weighted by Crippen LogP contribution is -2.36. The summed E-state index contributed by atoms with van der Waals surface area (Å²) in [7, 11) is 0. The lowest BCUT2D eigenvalue weighted by Gasteiger charge is -2.33. The van der Waals surface area contributed by atoms with Gasteiger partial charge in [0.25, 0.3) is 0 Å². The van der Waals surface area contributed by atoms with Crippen LogP contribution in [-0.4, -0.2) is 11.6 Å². The molecule has 0 heterocycles. The van der Waals surface area contributed by atoms with E-state index in [0.29, 0.717) is 5.92 Å². The Morgan fingerprint density at radius 1 is 1.25 bits per heavy atom. The van der Waals surface area contributed by atoms with Gasteiger partial charge in [0.2, 0.25) is 0 Å².